The van der Waals surface area contributed by atoms with Gasteiger partial charge in [0.15, 0.2) is 0 Å². The van der Waals surface area contributed by atoms with Gasteiger partial charge in [-0.15, -0.1) is 0 Å². The maximum absolute atomic E-state index is 12.9. The first-order valence-corrected chi connectivity index (χ1v) is 11.1. The predicted octanol–water partition coefficient (Wildman–Crippen LogP) is 5.76. The fourth-order valence-corrected chi connectivity index (χ4v) is 3.76. The highest BCUT2D eigenvalue weighted by atomic mass is 16.5. The Hall–Kier alpha value is -3.59. The van der Waals surface area contributed by atoms with Crippen LogP contribution < -0.4 is 4.74 Å². The fourth-order valence-electron chi connectivity index (χ4n) is 3.76. The minimum atomic E-state index is -1.06. The van der Waals surface area contributed by atoms with E-state index in [-0.39, 0.29) is 11.3 Å². The SMILES string of the molecule is CCCCOC(=O)/C=C\[C@H]1[C@@H](C(=O)O[C@H](C#N)c2cccc(Oc3ccccc3)c2)C1(C)C. The Labute approximate surface area is 194 Å². The summed E-state index contributed by atoms with van der Waals surface area (Å²) in [6.45, 7) is 6.28. The summed E-state index contributed by atoms with van der Waals surface area (Å²) < 4.78 is 16.5. The molecule has 1 aliphatic rings. The second kappa shape index (κ2) is 10.8. The third-order valence-electron chi connectivity index (χ3n) is 5.84. The molecule has 3 rings (SSSR count). The van der Waals surface area contributed by atoms with Crippen molar-refractivity contribution in [2.24, 2.45) is 17.3 Å². The molecule has 0 aromatic heterocycles. The zero-order valence-corrected chi connectivity index (χ0v) is 19.2. The minimum absolute atomic E-state index is 0.157. The van der Waals surface area contributed by atoms with Crippen LogP contribution in [0.25, 0.3) is 0 Å². The molecule has 0 unspecified atom stereocenters. The molecule has 2 aromatic carbocycles. The molecule has 6 heteroatoms. The zero-order valence-electron chi connectivity index (χ0n) is 19.2. The average Bonchev–Trinajstić information content (AvgIpc) is 3.37. The molecule has 0 saturated heterocycles. The van der Waals surface area contributed by atoms with Crippen LogP contribution in [0.1, 0.15) is 45.3 Å². The third-order valence-corrected chi connectivity index (χ3v) is 5.84. The Morgan fingerprint density at radius 3 is 2.55 bits per heavy atom. The van der Waals surface area contributed by atoms with Gasteiger partial charge in [-0.3, -0.25) is 4.79 Å². The van der Waals surface area contributed by atoms with Crippen LogP contribution in [0.15, 0.2) is 66.7 Å². The number of allylic oxidation sites excluding steroid dienone is 1. The number of nitriles is 1. The molecule has 1 aliphatic carbocycles. The van der Waals surface area contributed by atoms with Crippen LogP contribution in [-0.2, 0) is 19.1 Å². The molecular formula is C27H29NO5. The lowest BCUT2D eigenvalue weighted by Gasteiger charge is -2.13. The van der Waals surface area contributed by atoms with E-state index in [1.165, 1.54) is 6.08 Å². The lowest BCUT2D eigenvalue weighted by Crippen LogP contribution is -2.14. The molecule has 0 amide bonds. The number of benzene rings is 2. The van der Waals surface area contributed by atoms with Gasteiger partial charge in [-0.25, -0.2) is 4.79 Å². The van der Waals surface area contributed by atoms with Gasteiger partial charge in [0, 0.05) is 11.6 Å². The van der Waals surface area contributed by atoms with Gasteiger partial charge in [0.2, 0.25) is 6.10 Å². The summed E-state index contributed by atoms with van der Waals surface area (Å²) in [7, 11) is 0. The summed E-state index contributed by atoms with van der Waals surface area (Å²) in [6, 6.07) is 18.3. The van der Waals surface area contributed by atoms with E-state index in [0.717, 1.165) is 12.8 Å². The summed E-state index contributed by atoms with van der Waals surface area (Å²) >= 11 is 0. The second-order valence-electron chi connectivity index (χ2n) is 8.64. The monoisotopic (exact) mass is 447 g/mol. The molecule has 0 aliphatic heterocycles. The predicted molar refractivity (Wildman–Crippen MR) is 123 cm³/mol. The maximum atomic E-state index is 12.9. The van der Waals surface area contributed by atoms with Crippen molar-refractivity contribution in [3.8, 4) is 17.6 Å². The first-order chi connectivity index (χ1) is 15.9. The normalized spacial score (nSPS) is 19.3. The number of hydrogen-bond donors (Lipinski definition) is 0. The first kappa shape index (κ1) is 24.1. The molecule has 0 N–H and O–H groups in total. The number of esters is 2. The molecule has 0 spiro atoms. The van der Waals surface area contributed by atoms with Gasteiger partial charge in [0.1, 0.15) is 17.6 Å². The van der Waals surface area contributed by atoms with E-state index in [1.807, 2.05) is 51.1 Å². The van der Waals surface area contributed by atoms with Crippen LogP contribution in [-0.4, -0.2) is 18.5 Å². The number of rotatable bonds is 10. The molecule has 6 nitrogen and oxygen atoms in total. The highest BCUT2D eigenvalue weighted by molar-refractivity contribution is 5.83. The van der Waals surface area contributed by atoms with Crippen LogP contribution in [0, 0.1) is 28.6 Å². The van der Waals surface area contributed by atoms with Crippen LogP contribution >= 0.6 is 0 Å². The quantitative estimate of drug-likeness (QED) is 0.262. The van der Waals surface area contributed by atoms with E-state index in [1.54, 1.807) is 30.3 Å². The molecule has 0 heterocycles. The standard InChI is InChI=1S/C27H29NO5/c1-4-5-16-31-24(29)15-14-22-25(27(22,2)3)26(30)33-23(18-28)19-10-9-13-21(17-19)32-20-11-7-6-8-12-20/h6-15,17,22-23,25H,4-5,16H2,1-3H3/b15-14-/t22-,23+,25-/m0/s1. The summed E-state index contributed by atoms with van der Waals surface area (Å²) in [6.07, 6.45) is 3.78. The zero-order chi connectivity index (χ0) is 23.8. The molecule has 33 heavy (non-hydrogen) atoms. The van der Waals surface area contributed by atoms with Crippen molar-refractivity contribution < 1.29 is 23.8 Å². The van der Waals surface area contributed by atoms with Crippen molar-refractivity contribution in [1.29, 1.82) is 5.26 Å². The lowest BCUT2D eigenvalue weighted by molar-refractivity contribution is -0.149. The number of carbonyl (C=O) groups excluding carboxylic acids is 2. The van der Waals surface area contributed by atoms with Crippen molar-refractivity contribution in [3.63, 3.8) is 0 Å². The van der Waals surface area contributed by atoms with Gasteiger partial charge in [0.05, 0.1) is 12.5 Å². The van der Waals surface area contributed by atoms with E-state index in [2.05, 4.69) is 6.07 Å². The summed E-state index contributed by atoms with van der Waals surface area (Å²) in [4.78, 5) is 24.7. The minimum Gasteiger partial charge on any atom is -0.463 e. The summed E-state index contributed by atoms with van der Waals surface area (Å²) in [5.41, 5.74) is 0.166. The molecule has 3 atom stereocenters. The number of hydrogen-bond acceptors (Lipinski definition) is 6. The molecule has 0 radical (unpaired) electrons. The highest BCUT2D eigenvalue weighted by Gasteiger charge is 2.61. The molecule has 2 aromatic rings. The molecular weight excluding hydrogens is 418 g/mol. The largest absolute Gasteiger partial charge is 0.463 e. The van der Waals surface area contributed by atoms with Crippen LogP contribution in [0.2, 0.25) is 0 Å². The van der Waals surface area contributed by atoms with Crippen molar-refractivity contribution >= 4 is 11.9 Å². The molecule has 1 fully saturated rings. The maximum Gasteiger partial charge on any atom is 0.330 e. The lowest BCUT2D eigenvalue weighted by atomic mass is 10.1. The number of ether oxygens (including phenoxy) is 3. The van der Waals surface area contributed by atoms with Crippen LogP contribution in [0.5, 0.6) is 11.5 Å². The van der Waals surface area contributed by atoms with Gasteiger partial charge < -0.3 is 14.2 Å². The van der Waals surface area contributed by atoms with Crippen LogP contribution in [0.4, 0.5) is 0 Å². The van der Waals surface area contributed by atoms with Crippen molar-refractivity contribution in [2.75, 3.05) is 6.61 Å². The fraction of sp³-hybridized carbons (Fsp3) is 0.370. The van der Waals surface area contributed by atoms with Crippen molar-refractivity contribution in [3.05, 3.63) is 72.3 Å². The summed E-state index contributed by atoms with van der Waals surface area (Å²) in [5.74, 6) is -0.252. The van der Waals surface area contributed by atoms with E-state index in [4.69, 9.17) is 14.2 Å². The highest BCUT2D eigenvalue weighted by Crippen LogP contribution is 2.59. The van der Waals surface area contributed by atoms with Crippen LogP contribution in [0.3, 0.4) is 0 Å². The van der Waals surface area contributed by atoms with E-state index in [0.29, 0.717) is 23.7 Å². The third kappa shape index (κ3) is 6.23. The van der Waals surface area contributed by atoms with E-state index in [9.17, 15) is 14.9 Å². The topological polar surface area (TPSA) is 85.6 Å². The Kier molecular flexibility index (Phi) is 7.89. The summed E-state index contributed by atoms with van der Waals surface area (Å²) in [5, 5.41) is 9.64. The van der Waals surface area contributed by atoms with Gasteiger partial charge in [0.25, 0.3) is 0 Å². The number of unbranched alkanes of at least 4 members (excludes halogenated alkanes) is 1. The number of nitrogens with zero attached hydrogens (tertiary/aromatic N) is 1. The molecule has 172 valence electrons. The average molecular weight is 448 g/mol. The first-order valence-electron chi connectivity index (χ1n) is 11.1. The molecule has 1 saturated carbocycles. The Morgan fingerprint density at radius 2 is 1.85 bits per heavy atom. The molecule has 0 bridgehead atoms. The van der Waals surface area contributed by atoms with Crippen molar-refractivity contribution in [1.82, 2.24) is 0 Å². The van der Waals surface area contributed by atoms with Gasteiger partial charge >= 0.3 is 11.9 Å². The second-order valence-corrected chi connectivity index (χ2v) is 8.64. The Morgan fingerprint density at radius 1 is 1.12 bits per heavy atom. The van der Waals surface area contributed by atoms with Gasteiger partial charge in [-0.05, 0) is 42.0 Å². The number of para-hydroxylation sites is 1. The van der Waals surface area contributed by atoms with Gasteiger partial charge in [-0.2, -0.15) is 5.26 Å². The smallest absolute Gasteiger partial charge is 0.330 e. The number of carbonyl (C=O) groups is 2. The Balaban J connectivity index is 1.62. The van der Waals surface area contributed by atoms with E-state index >= 15 is 0 Å². The van der Waals surface area contributed by atoms with Crippen molar-refractivity contribution in [2.45, 2.75) is 39.7 Å². The van der Waals surface area contributed by atoms with Gasteiger partial charge in [-0.1, -0.05) is 63.6 Å². The van der Waals surface area contributed by atoms with E-state index < -0.39 is 24.0 Å². The Bertz CT molecular complexity index is 1040.